The van der Waals surface area contributed by atoms with Crippen molar-refractivity contribution in [3.63, 3.8) is 0 Å². The second-order valence-corrected chi connectivity index (χ2v) is 6.38. The fourth-order valence-electron chi connectivity index (χ4n) is 1.95. The molecule has 1 amide bonds. The topological polar surface area (TPSA) is 59.8 Å². The third kappa shape index (κ3) is 3.74. The van der Waals surface area contributed by atoms with Crippen molar-refractivity contribution in [3.8, 4) is 0 Å². The monoisotopic (exact) mass is 362 g/mol. The summed E-state index contributed by atoms with van der Waals surface area (Å²) in [6.45, 7) is 0. The van der Waals surface area contributed by atoms with E-state index in [9.17, 15) is 9.18 Å². The lowest BCUT2D eigenvalue weighted by molar-refractivity contribution is 0.102. The van der Waals surface area contributed by atoms with Gasteiger partial charge in [0.1, 0.15) is 12.1 Å². The van der Waals surface area contributed by atoms with E-state index >= 15 is 0 Å². The van der Waals surface area contributed by atoms with Gasteiger partial charge in [-0.05, 0) is 54.2 Å². The molecule has 0 atom stereocenters. The molecule has 1 aromatic heterocycles. The summed E-state index contributed by atoms with van der Waals surface area (Å²) in [5, 5.41) is 11.4. The van der Waals surface area contributed by atoms with Gasteiger partial charge in [0.2, 0.25) is 0 Å². The molecule has 0 aliphatic carbocycles. The average Bonchev–Trinajstić information content (AvgIpc) is 2.94. The summed E-state index contributed by atoms with van der Waals surface area (Å²) in [7, 11) is 1.86. The number of hydrogen-bond acceptors (Lipinski definition) is 4. The van der Waals surface area contributed by atoms with Crippen molar-refractivity contribution in [1.29, 1.82) is 0 Å². The van der Waals surface area contributed by atoms with Crippen LogP contribution in [0.5, 0.6) is 0 Å². The van der Waals surface area contributed by atoms with Crippen LogP contribution in [0.4, 0.5) is 10.1 Å². The third-order valence-electron chi connectivity index (χ3n) is 3.17. The molecule has 0 aliphatic rings. The van der Waals surface area contributed by atoms with E-state index < -0.39 is 11.7 Å². The summed E-state index contributed by atoms with van der Waals surface area (Å²) in [6.07, 6.45) is 1.63. The third-order valence-corrected chi connectivity index (χ3v) is 4.54. The van der Waals surface area contributed by atoms with Crippen molar-refractivity contribution in [1.82, 2.24) is 14.8 Å². The normalized spacial score (nSPS) is 10.6. The molecule has 24 heavy (non-hydrogen) atoms. The molecule has 2 aromatic carbocycles. The Morgan fingerprint density at radius 3 is 2.62 bits per heavy atom. The number of amides is 1. The zero-order chi connectivity index (χ0) is 17.1. The number of benzene rings is 2. The molecule has 122 valence electrons. The lowest BCUT2D eigenvalue weighted by Gasteiger charge is -2.08. The van der Waals surface area contributed by atoms with Gasteiger partial charge >= 0.3 is 0 Å². The van der Waals surface area contributed by atoms with E-state index in [0.29, 0.717) is 5.69 Å². The summed E-state index contributed by atoms with van der Waals surface area (Å²) in [5.41, 5.74) is 0.832. The first-order valence-electron chi connectivity index (χ1n) is 6.91. The Balaban J connectivity index is 1.69. The molecule has 0 radical (unpaired) electrons. The fourth-order valence-corrected chi connectivity index (χ4v) is 2.96. The molecule has 0 fully saturated rings. The van der Waals surface area contributed by atoms with Gasteiger partial charge in [0.05, 0.1) is 10.6 Å². The molecule has 0 spiro atoms. The first-order chi connectivity index (χ1) is 11.5. The van der Waals surface area contributed by atoms with E-state index in [1.165, 1.54) is 23.9 Å². The summed E-state index contributed by atoms with van der Waals surface area (Å²) in [5.74, 6) is -0.879. The summed E-state index contributed by atoms with van der Waals surface area (Å²) < 4.78 is 14.9. The standard InChI is InChI=1S/C16H12ClFN4OS/c1-22-9-19-21-16(22)24-12-5-3-11(4-6-12)20-15(23)13-7-2-10(18)8-14(13)17/h2-9H,1H3,(H,20,23). The van der Waals surface area contributed by atoms with Crippen molar-refractivity contribution in [2.75, 3.05) is 5.32 Å². The lowest BCUT2D eigenvalue weighted by atomic mass is 10.2. The number of rotatable bonds is 4. The molecule has 1 N–H and O–H groups in total. The molecule has 1 heterocycles. The highest BCUT2D eigenvalue weighted by atomic mass is 35.5. The number of halogens is 2. The minimum atomic E-state index is -0.485. The Kier molecular flexibility index (Phi) is 4.82. The molecular weight excluding hydrogens is 351 g/mol. The molecule has 0 unspecified atom stereocenters. The van der Waals surface area contributed by atoms with Gasteiger partial charge < -0.3 is 9.88 Å². The zero-order valence-corrected chi connectivity index (χ0v) is 14.1. The van der Waals surface area contributed by atoms with E-state index in [-0.39, 0.29) is 10.6 Å². The number of carbonyl (C=O) groups excluding carboxylic acids is 1. The molecule has 0 saturated carbocycles. The highest BCUT2D eigenvalue weighted by molar-refractivity contribution is 7.99. The summed E-state index contributed by atoms with van der Waals surface area (Å²) in [6, 6.07) is 10.9. The van der Waals surface area contributed by atoms with Crippen LogP contribution in [-0.2, 0) is 7.05 Å². The molecule has 0 saturated heterocycles. The van der Waals surface area contributed by atoms with Crippen LogP contribution in [0, 0.1) is 5.82 Å². The second kappa shape index (κ2) is 7.02. The van der Waals surface area contributed by atoms with Crippen LogP contribution in [0.15, 0.2) is 58.8 Å². The molecule has 3 aromatic rings. The maximum Gasteiger partial charge on any atom is 0.257 e. The maximum atomic E-state index is 13.0. The van der Waals surface area contributed by atoms with Crippen LogP contribution >= 0.6 is 23.4 Å². The average molecular weight is 363 g/mol. The Bertz CT molecular complexity index is 882. The Morgan fingerprint density at radius 1 is 1.25 bits per heavy atom. The minimum absolute atomic E-state index is 0.0713. The van der Waals surface area contributed by atoms with Gasteiger partial charge in [0, 0.05) is 17.6 Å². The summed E-state index contributed by atoms with van der Waals surface area (Å²) >= 11 is 7.35. The number of anilines is 1. The smallest absolute Gasteiger partial charge is 0.257 e. The number of hydrogen-bond donors (Lipinski definition) is 1. The van der Waals surface area contributed by atoms with Crippen molar-refractivity contribution in [2.45, 2.75) is 10.1 Å². The Morgan fingerprint density at radius 2 is 2.00 bits per heavy atom. The largest absolute Gasteiger partial charge is 0.322 e. The Labute approximate surface area is 146 Å². The number of nitrogens with one attached hydrogen (secondary N) is 1. The Hall–Kier alpha value is -2.38. The highest BCUT2D eigenvalue weighted by Crippen LogP contribution is 2.26. The molecule has 3 rings (SSSR count). The van der Waals surface area contributed by atoms with E-state index in [4.69, 9.17) is 11.6 Å². The molecular formula is C16H12ClFN4OS. The van der Waals surface area contributed by atoms with Crippen molar-refractivity contribution >= 4 is 35.0 Å². The minimum Gasteiger partial charge on any atom is -0.322 e. The van der Waals surface area contributed by atoms with E-state index in [0.717, 1.165) is 16.1 Å². The SMILES string of the molecule is Cn1cnnc1Sc1ccc(NC(=O)c2ccc(F)cc2Cl)cc1. The maximum absolute atomic E-state index is 13.0. The van der Waals surface area contributed by atoms with Gasteiger partial charge in [-0.15, -0.1) is 10.2 Å². The molecule has 5 nitrogen and oxygen atoms in total. The van der Waals surface area contributed by atoms with E-state index in [1.807, 2.05) is 23.7 Å². The zero-order valence-electron chi connectivity index (χ0n) is 12.5. The van der Waals surface area contributed by atoms with E-state index in [1.54, 1.807) is 18.5 Å². The fraction of sp³-hybridized carbons (Fsp3) is 0.0625. The van der Waals surface area contributed by atoms with Gasteiger partial charge in [-0.2, -0.15) is 0 Å². The predicted octanol–water partition coefficient (Wildman–Crippen LogP) is 4.01. The number of carbonyl (C=O) groups is 1. The molecule has 8 heteroatoms. The van der Waals surface area contributed by atoms with Crippen LogP contribution in [0.1, 0.15) is 10.4 Å². The van der Waals surface area contributed by atoms with Gasteiger partial charge in [-0.25, -0.2) is 4.39 Å². The second-order valence-electron chi connectivity index (χ2n) is 4.93. The van der Waals surface area contributed by atoms with Crippen molar-refractivity contribution in [3.05, 3.63) is 65.2 Å². The lowest BCUT2D eigenvalue weighted by Crippen LogP contribution is -2.12. The quantitative estimate of drug-likeness (QED) is 0.761. The van der Waals surface area contributed by atoms with Gasteiger partial charge in [-0.3, -0.25) is 4.79 Å². The van der Waals surface area contributed by atoms with E-state index in [2.05, 4.69) is 15.5 Å². The highest BCUT2D eigenvalue weighted by Gasteiger charge is 2.11. The molecule has 0 bridgehead atoms. The first kappa shape index (κ1) is 16.5. The van der Waals surface area contributed by atoms with Gasteiger partial charge in [-0.1, -0.05) is 11.6 Å². The number of nitrogens with zero attached hydrogens (tertiary/aromatic N) is 3. The van der Waals surface area contributed by atoms with Crippen molar-refractivity contribution in [2.24, 2.45) is 7.05 Å². The van der Waals surface area contributed by atoms with Crippen molar-refractivity contribution < 1.29 is 9.18 Å². The number of aryl methyl sites for hydroxylation is 1. The van der Waals surface area contributed by atoms with Crippen LogP contribution < -0.4 is 5.32 Å². The van der Waals surface area contributed by atoms with Gasteiger partial charge in [0.25, 0.3) is 5.91 Å². The van der Waals surface area contributed by atoms with Gasteiger partial charge in [0.15, 0.2) is 5.16 Å². The molecule has 0 aliphatic heterocycles. The van der Waals surface area contributed by atoms with Crippen LogP contribution in [-0.4, -0.2) is 20.7 Å². The first-order valence-corrected chi connectivity index (χ1v) is 8.11. The number of aromatic nitrogens is 3. The predicted molar refractivity (Wildman–Crippen MR) is 90.9 cm³/mol. The summed E-state index contributed by atoms with van der Waals surface area (Å²) in [4.78, 5) is 13.1. The van der Waals surface area contributed by atoms with Crippen LogP contribution in [0.25, 0.3) is 0 Å². The van der Waals surface area contributed by atoms with Crippen LogP contribution in [0.3, 0.4) is 0 Å². The van der Waals surface area contributed by atoms with Crippen LogP contribution in [0.2, 0.25) is 5.02 Å².